The molecular formula is C43H48Cl2Zr. The Morgan fingerprint density at radius 3 is 1.76 bits per heavy atom. The molecule has 2 aliphatic rings. The summed E-state index contributed by atoms with van der Waals surface area (Å²) in [6.45, 7) is 23.3. The number of rotatable bonds is 5. The molecule has 0 aromatic heterocycles. The molecule has 0 bridgehead atoms. The third-order valence-corrected chi connectivity index (χ3v) is 18.4. The molecule has 1 unspecified atom stereocenters. The summed E-state index contributed by atoms with van der Waals surface area (Å²) in [5.74, 6) is 0.494. The molecule has 0 saturated heterocycles. The van der Waals surface area contributed by atoms with Gasteiger partial charge in [-0.05, 0) is 0 Å². The van der Waals surface area contributed by atoms with Gasteiger partial charge < -0.3 is 24.8 Å². The number of hydrogen-bond donors (Lipinski definition) is 0. The van der Waals surface area contributed by atoms with Crippen LogP contribution < -0.4 is 28.1 Å². The van der Waals surface area contributed by atoms with Gasteiger partial charge in [0.1, 0.15) is 0 Å². The molecule has 2 aliphatic carbocycles. The van der Waals surface area contributed by atoms with Crippen LogP contribution in [0.5, 0.6) is 0 Å². The summed E-state index contributed by atoms with van der Waals surface area (Å²) >= 11 is -2.85. The minimum atomic E-state index is -2.85. The zero-order chi connectivity index (χ0) is 31.5. The van der Waals surface area contributed by atoms with Crippen LogP contribution in [0.2, 0.25) is 0 Å². The Labute approximate surface area is 298 Å². The van der Waals surface area contributed by atoms with Crippen molar-refractivity contribution >= 4 is 6.48 Å². The molecule has 0 heterocycles. The molecule has 1 atom stereocenters. The van der Waals surface area contributed by atoms with Crippen LogP contribution in [0.15, 0.2) is 87.7 Å². The quantitative estimate of drug-likeness (QED) is 0.250. The Balaban J connectivity index is 0.00000240. The molecule has 6 rings (SSSR count). The van der Waals surface area contributed by atoms with Gasteiger partial charge in [0.25, 0.3) is 0 Å². The summed E-state index contributed by atoms with van der Waals surface area (Å²) in [4.78, 5) is 0. The van der Waals surface area contributed by atoms with E-state index in [-0.39, 0.29) is 30.2 Å². The minimum absolute atomic E-state index is 0. The van der Waals surface area contributed by atoms with E-state index in [0.29, 0.717) is 5.92 Å². The maximum absolute atomic E-state index is 2.85. The van der Waals surface area contributed by atoms with Crippen LogP contribution in [0.4, 0.5) is 0 Å². The first kappa shape index (κ1) is 36.5. The molecule has 46 heavy (non-hydrogen) atoms. The average Bonchev–Trinajstić information content (AvgIpc) is 3.56. The summed E-state index contributed by atoms with van der Waals surface area (Å²) < 4.78 is 5.09. The molecule has 0 saturated carbocycles. The number of benzene rings is 4. The normalized spacial score (nSPS) is 14.7. The van der Waals surface area contributed by atoms with Gasteiger partial charge in [-0.25, -0.2) is 0 Å². The van der Waals surface area contributed by atoms with Crippen LogP contribution in [0.1, 0.15) is 89.8 Å². The van der Waals surface area contributed by atoms with Gasteiger partial charge in [-0.2, -0.15) is 0 Å². The third-order valence-electron chi connectivity index (χ3n) is 10.2. The fraction of sp³-hybridized carbons (Fsp3) is 0.326. The second-order valence-corrected chi connectivity index (χ2v) is 20.2. The Kier molecular flexibility index (Phi) is 11.2. The molecule has 238 valence electrons. The van der Waals surface area contributed by atoms with E-state index in [9.17, 15) is 0 Å². The van der Waals surface area contributed by atoms with E-state index < -0.39 is 21.3 Å². The Bertz CT molecular complexity index is 1830. The largest absolute Gasteiger partial charge is 1.00 e. The van der Waals surface area contributed by atoms with Crippen LogP contribution >= 0.6 is 0 Å². The van der Waals surface area contributed by atoms with Crippen LogP contribution in [0, 0.1) is 52.9 Å². The summed E-state index contributed by atoms with van der Waals surface area (Å²) in [7, 11) is 0. The smallest absolute Gasteiger partial charge is 1.00 e. The van der Waals surface area contributed by atoms with E-state index >= 15 is 0 Å². The molecule has 3 heteroatoms. The second kappa shape index (κ2) is 14.0. The van der Waals surface area contributed by atoms with Gasteiger partial charge in [0, 0.05) is 0 Å². The van der Waals surface area contributed by atoms with Crippen LogP contribution in [0.3, 0.4) is 0 Å². The summed E-state index contributed by atoms with van der Waals surface area (Å²) in [6, 6.07) is 26.3. The van der Waals surface area contributed by atoms with E-state index in [4.69, 9.17) is 0 Å². The van der Waals surface area contributed by atoms with Crippen molar-refractivity contribution in [1.82, 2.24) is 0 Å². The topological polar surface area (TPSA) is 0 Å². The van der Waals surface area contributed by atoms with Crippen molar-refractivity contribution in [2.45, 2.75) is 82.1 Å². The maximum atomic E-state index is 2.68. The molecule has 0 spiro atoms. The average molecular weight is 727 g/mol. The van der Waals surface area contributed by atoms with Gasteiger partial charge >= 0.3 is 276 Å². The minimum Gasteiger partial charge on any atom is -1.00 e. The Hall–Kier alpha value is -2.31. The first-order valence-corrected chi connectivity index (χ1v) is 20.1. The van der Waals surface area contributed by atoms with Crippen molar-refractivity contribution in [3.05, 3.63) is 143 Å². The van der Waals surface area contributed by atoms with Crippen LogP contribution in [-0.2, 0) is 27.7 Å². The Morgan fingerprint density at radius 2 is 1.24 bits per heavy atom. The number of allylic oxidation sites excluding steroid dienone is 4. The molecule has 0 amide bonds. The van der Waals surface area contributed by atoms with Gasteiger partial charge in [0.05, 0.1) is 0 Å². The van der Waals surface area contributed by atoms with E-state index in [0.717, 1.165) is 12.8 Å². The summed E-state index contributed by atoms with van der Waals surface area (Å²) in [5.41, 5.74) is 18.9. The molecule has 4 aromatic rings. The van der Waals surface area contributed by atoms with Crippen molar-refractivity contribution in [1.29, 1.82) is 0 Å². The number of aryl methyl sites for hydroxylation is 5. The van der Waals surface area contributed by atoms with Crippen LogP contribution in [-0.4, -0.2) is 3.21 Å². The third kappa shape index (κ3) is 6.68. The van der Waals surface area contributed by atoms with Crippen molar-refractivity contribution in [2.75, 3.05) is 0 Å². The van der Waals surface area contributed by atoms with E-state index in [1.54, 1.807) is 15.3 Å². The summed E-state index contributed by atoms with van der Waals surface area (Å²) in [5, 5.41) is 0. The zero-order valence-electron chi connectivity index (χ0n) is 29.3. The maximum Gasteiger partial charge on any atom is -1.00 e. The van der Waals surface area contributed by atoms with Crippen molar-refractivity contribution in [2.24, 2.45) is 11.3 Å². The number of halogens is 2. The first-order chi connectivity index (χ1) is 20.9. The first-order valence-electron chi connectivity index (χ1n) is 16.4. The van der Waals surface area contributed by atoms with Gasteiger partial charge in [-0.3, -0.25) is 0 Å². The van der Waals surface area contributed by atoms with E-state index in [1.807, 2.05) is 0 Å². The van der Waals surface area contributed by atoms with Gasteiger partial charge in [0.2, 0.25) is 0 Å². The van der Waals surface area contributed by atoms with Crippen molar-refractivity contribution in [3.63, 3.8) is 0 Å². The van der Waals surface area contributed by atoms with E-state index in [1.165, 1.54) is 66.8 Å². The molecule has 4 aromatic carbocycles. The van der Waals surface area contributed by atoms with Crippen LogP contribution in [0.25, 0.3) is 11.1 Å². The van der Waals surface area contributed by atoms with Crippen molar-refractivity contribution < 1.29 is 46.1 Å². The molecule has 0 aliphatic heterocycles. The predicted octanol–water partition coefficient (Wildman–Crippen LogP) is 4.53. The molecule has 0 fully saturated rings. The Morgan fingerprint density at radius 1 is 0.717 bits per heavy atom. The molecule has 0 nitrogen and oxygen atoms in total. The predicted molar refractivity (Wildman–Crippen MR) is 188 cm³/mol. The zero-order valence-corrected chi connectivity index (χ0v) is 33.2. The molecular weight excluding hydrogens is 679 g/mol. The number of hydrogen-bond acceptors (Lipinski definition) is 0. The van der Waals surface area contributed by atoms with E-state index in [2.05, 4.69) is 148 Å². The second-order valence-electron chi connectivity index (χ2n) is 14.5. The van der Waals surface area contributed by atoms with Gasteiger partial charge in [-0.15, -0.1) is 0 Å². The SMILES string of the molecule is CCC1C=C(C(C)(C)C)C=[C]1[Zr+2](=[C](c1ccc(C)cc1)c1ccc(C)cc1)[c]1c(C)c(C)cc2c1Cc1cc(C)c(C)cc1-2.[Cl-].[Cl-]. The molecule has 0 N–H and O–H groups in total. The number of fused-ring (bicyclic) bond motifs is 3. The van der Waals surface area contributed by atoms with Gasteiger partial charge in [-0.1, -0.05) is 0 Å². The monoisotopic (exact) mass is 724 g/mol. The molecule has 0 radical (unpaired) electrons. The fourth-order valence-electron chi connectivity index (χ4n) is 7.20. The van der Waals surface area contributed by atoms with Crippen molar-refractivity contribution in [3.8, 4) is 11.1 Å². The summed E-state index contributed by atoms with van der Waals surface area (Å²) in [6.07, 6.45) is 7.50. The fourth-order valence-corrected chi connectivity index (χ4v) is 16.5. The van der Waals surface area contributed by atoms with Gasteiger partial charge in [0.15, 0.2) is 0 Å². The standard InChI is InChI=1S/C17H17.C15H14.C11H17.2ClH.Zr/c1-10-5-14-9-15-6-11(2)13(4)8-17(15)16(14)7-12(10)3;1-12-3-7-14(8-4-12)11-15-9-5-13(2)6-10-15;1-5-9-6-7-10(8-9)11(2,3)4;;;/h5,7-8H,9H2,1-4H3;3-10H,1-2H3;7-9H,5H2,1-4H3;2*1H;/q;;;;;+2/p-2.